The molecule has 0 atom stereocenters. The summed E-state index contributed by atoms with van der Waals surface area (Å²) in [6, 6.07) is 6.38. The lowest BCUT2D eigenvalue weighted by Gasteiger charge is -1.98. The van der Waals surface area contributed by atoms with Crippen LogP contribution in [-0.2, 0) is 13.0 Å². The van der Waals surface area contributed by atoms with E-state index in [1.54, 1.807) is 0 Å². The van der Waals surface area contributed by atoms with Crippen molar-refractivity contribution in [2.45, 2.75) is 33.2 Å². The van der Waals surface area contributed by atoms with Crippen molar-refractivity contribution in [3.05, 3.63) is 30.1 Å². The van der Waals surface area contributed by atoms with E-state index in [9.17, 15) is 0 Å². The van der Waals surface area contributed by atoms with Crippen molar-refractivity contribution >= 4 is 0 Å². The highest BCUT2D eigenvalue weighted by Gasteiger charge is 2.03. The summed E-state index contributed by atoms with van der Waals surface area (Å²) in [6.45, 7) is 5.55. The van der Waals surface area contributed by atoms with Gasteiger partial charge in [0.25, 0.3) is 0 Å². The second kappa shape index (κ2) is 5.70. The molecule has 0 unspecified atom stereocenters. The molecule has 0 spiro atoms. The van der Waals surface area contributed by atoms with Gasteiger partial charge in [-0.1, -0.05) is 19.9 Å². The number of aryl methyl sites for hydroxylation is 2. The quantitative estimate of drug-likeness (QED) is 0.508. The van der Waals surface area contributed by atoms with E-state index in [4.69, 9.17) is 0 Å². The summed E-state index contributed by atoms with van der Waals surface area (Å²) >= 11 is 0. The molecule has 0 fully saturated rings. The van der Waals surface area contributed by atoms with E-state index in [0.717, 1.165) is 13.0 Å². The molecular weight excluding hydrogens is 153 g/mol. The number of rotatable bonds is 3. The van der Waals surface area contributed by atoms with Gasteiger partial charge in [-0.25, -0.2) is 4.57 Å². The van der Waals surface area contributed by atoms with Crippen molar-refractivity contribution in [2.24, 2.45) is 0 Å². The molecule has 0 saturated carbocycles. The minimum absolute atomic E-state index is 0. The SMILES string of the molecule is CCC[n+]1ccccc1CC.[F-]. The Bertz CT molecular complexity index is 223. The van der Waals surface area contributed by atoms with Crippen molar-refractivity contribution in [2.75, 3.05) is 0 Å². The Labute approximate surface area is 73.4 Å². The van der Waals surface area contributed by atoms with Gasteiger partial charge in [-0.2, -0.15) is 0 Å². The van der Waals surface area contributed by atoms with E-state index in [2.05, 4.69) is 42.8 Å². The molecule has 0 aliphatic heterocycles. The normalized spacial score (nSPS) is 9.17. The van der Waals surface area contributed by atoms with Crippen LogP contribution in [0.5, 0.6) is 0 Å². The van der Waals surface area contributed by atoms with E-state index in [0.29, 0.717) is 0 Å². The van der Waals surface area contributed by atoms with Gasteiger partial charge in [-0.15, -0.1) is 0 Å². The lowest BCUT2D eigenvalue weighted by atomic mass is 10.3. The van der Waals surface area contributed by atoms with Gasteiger partial charge < -0.3 is 4.70 Å². The molecule has 0 bridgehead atoms. The average molecular weight is 169 g/mol. The van der Waals surface area contributed by atoms with Crippen LogP contribution in [0.1, 0.15) is 26.0 Å². The van der Waals surface area contributed by atoms with Crippen LogP contribution in [-0.4, -0.2) is 0 Å². The Kier molecular flexibility index (Phi) is 5.26. The molecule has 68 valence electrons. The molecule has 0 aliphatic carbocycles. The van der Waals surface area contributed by atoms with Crippen molar-refractivity contribution in [3.8, 4) is 0 Å². The molecule has 0 saturated heterocycles. The van der Waals surface area contributed by atoms with Crippen molar-refractivity contribution in [3.63, 3.8) is 0 Å². The first-order valence-electron chi connectivity index (χ1n) is 4.35. The first-order valence-corrected chi connectivity index (χ1v) is 4.35. The zero-order chi connectivity index (χ0) is 8.10. The molecule has 0 amide bonds. The van der Waals surface area contributed by atoms with Gasteiger partial charge in [-0.05, 0) is 0 Å². The van der Waals surface area contributed by atoms with Crippen LogP contribution in [0.3, 0.4) is 0 Å². The Balaban J connectivity index is 0.00000121. The minimum Gasteiger partial charge on any atom is -1.00 e. The number of halogens is 1. The second-order valence-corrected chi connectivity index (χ2v) is 2.74. The number of hydrogen-bond acceptors (Lipinski definition) is 0. The highest BCUT2D eigenvalue weighted by molar-refractivity contribution is 4.96. The molecule has 1 nitrogen and oxygen atoms in total. The predicted octanol–water partition coefficient (Wildman–Crippen LogP) is -1.05. The Morgan fingerprint density at radius 2 is 2.00 bits per heavy atom. The molecule has 12 heavy (non-hydrogen) atoms. The molecule has 1 aromatic rings. The zero-order valence-electron chi connectivity index (χ0n) is 7.76. The van der Waals surface area contributed by atoms with Crippen LogP contribution in [0.2, 0.25) is 0 Å². The third-order valence-corrected chi connectivity index (χ3v) is 1.86. The van der Waals surface area contributed by atoms with Crippen LogP contribution >= 0.6 is 0 Å². The van der Waals surface area contributed by atoms with Gasteiger partial charge in [0.1, 0.15) is 6.54 Å². The zero-order valence-corrected chi connectivity index (χ0v) is 7.76. The summed E-state index contributed by atoms with van der Waals surface area (Å²) in [5.41, 5.74) is 1.43. The maximum atomic E-state index is 2.32. The standard InChI is InChI=1S/C10H16N.FH/c1-3-8-11-9-6-5-7-10(11)4-2;/h5-7,9H,3-4,8H2,1-2H3;1H/q+1;/p-1. The predicted molar refractivity (Wildman–Crippen MR) is 46.3 cm³/mol. The third kappa shape index (κ3) is 2.61. The largest absolute Gasteiger partial charge is 1.00 e. The van der Waals surface area contributed by atoms with Crippen LogP contribution in [0, 0.1) is 0 Å². The molecular formula is C10H16FN. The molecule has 1 rings (SSSR count). The van der Waals surface area contributed by atoms with Gasteiger partial charge in [0, 0.05) is 25.0 Å². The first-order chi connectivity index (χ1) is 5.38. The summed E-state index contributed by atoms with van der Waals surface area (Å²) < 4.78 is 2.32. The topological polar surface area (TPSA) is 3.88 Å². The number of aromatic nitrogens is 1. The Hall–Kier alpha value is -0.920. The summed E-state index contributed by atoms with van der Waals surface area (Å²) in [6.07, 6.45) is 4.49. The van der Waals surface area contributed by atoms with Gasteiger partial charge in [0.15, 0.2) is 11.9 Å². The highest BCUT2D eigenvalue weighted by Crippen LogP contribution is 1.92. The fourth-order valence-corrected chi connectivity index (χ4v) is 1.29. The minimum atomic E-state index is 0. The summed E-state index contributed by atoms with van der Waals surface area (Å²) in [4.78, 5) is 0. The van der Waals surface area contributed by atoms with Gasteiger partial charge >= 0.3 is 0 Å². The molecule has 0 N–H and O–H groups in total. The summed E-state index contributed by atoms with van der Waals surface area (Å²) in [5, 5.41) is 0. The number of hydrogen-bond donors (Lipinski definition) is 0. The first kappa shape index (κ1) is 11.1. The summed E-state index contributed by atoms with van der Waals surface area (Å²) in [7, 11) is 0. The summed E-state index contributed by atoms with van der Waals surface area (Å²) in [5.74, 6) is 0. The van der Waals surface area contributed by atoms with Crippen LogP contribution in [0.4, 0.5) is 0 Å². The Morgan fingerprint density at radius 1 is 1.25 bits per heavy atom. The lowest BCUT2D eigenvalue weighted by molar-refractivity contribution is -0.704. The fourth-order valence-electron chi connectivity index (χ4n) is 1.29. The van der Waals surface area contributed by atoms with Gasteiger partial charge in [0.2, 0.25) is 0 Å². The molecule has 2 heteroatoms. The number of pyridine rings is 1. The smallest absolute Gasteiger partial charge is 0.181 e. The Morgan fingerprint density at radius 3 is 2.58 bits per heavy atom. The highest BCUT2D eigenvalue weighted by atomic mass is 19.0. The molecule has 1 aromatic heterocycles. The van der Waals surface area contributed by atoms with E-state index < -0.39 is 0 Å². The maximum Gasteiger partial charge on any atom is 0.181 e. The lowest BCUT2D eigenvalue weighted by Crippen LogP contribution is -3.00. The van der Waals surface area contributed by atoms with Gasteiger partial charge in [-0.3, -0.25) is 0 Å². The maximum absolute atomic E-state index is 2.32. The van der Waals surface area contributed by atoms with E-state index in [1.165, 1.54) is 12.1 Å². The van der Waals surface area contributed by atoms with Crippen molar-refractivity contribution < 1.29 is 9.27 Å². The van der Waals surface area contributed by atoms with E-state index in [-0.39, 0.29) is 4.70 Å². The monoisotopic (exact) mass is 169 g/mol. The molecule has 0 radical (unpaired) electrons. The third-order valence-electron chi connectivity index (χ3n) is 1.86. The fraction of sp³-hybridized carbons (Fsp3) is 0.500. The van der Waals surface area contributed by atoms with Crippen LogP contribution in [0.15, 0.2) is 24.4 Å². The van der Waals surface area contributed by atoms with Crippen molar-refractivity contribution in [1.82, 2.24) is 0 Å². The van der Waals surface area contributed by atoms with Crippen LogP contribution in [0.25, 0.3) is 0 Å². The second-order valence-electron chi connectivity index (χ2n) is 2.74. The van der Waals surface area contributed by atoms with Gasteiger partial charge in [0.05, 0.1) is 0 Å². The van der Waals surface area contributed by atoms with E-state index >= 15 is 0 Å². The van der Waals surface area contributed by atoms with Crippen LogP contribution < -0.4 is 9.27 Å². The van der Waals surface area contributed by atoms with Crippen molar-refractivity contribution in [1.29, 1.82) is 0 Å². The number of nitrogens with zero attached hydrogens (tertiary/aromatic N) is 1. The molecule has 0 aromatic carbocycles. The molecule has 0 aliphatic rings. The molecule has 1 heterocycles. The average Bonchev–Trinajstić information content (AvgIpc) is 2.06. The van der Waals surface area contributed by atoms with E-state index in [1.807, 2.05) is 0 Å².